The number of rotatable bonds is 3. The molecule has 6 heteroatoms. The molecule has 1 aliphatic rings. The maximum absolute atomic E-state index is 12.7. The van der Waals surface area contributed by atoms with Crippen LogP contribution in [-0.4, -0.2) is 43.1 Å². The van der Waals surface area contributed by atoms with Gasteiger partial charge in [0, 0.05) is 42.5 Å². The molecule has 2 atom stereocenters. The largest absolute Gasteiger partial charge is 0.346 e. The topological polar surface area (TPSA) is 66.8 Å². The van der Waals surface area contributed by atoms with E-state index in [9.17, 15) is 4.79 Å². The van der Waals surface area contributed by atoms with Gasteiger partial charge in [0.1, 0.15) is 0 Å². The molecule has 2 unspecified atom stereocenters. The molecular weight excluding hydrogens is 338 g/mol. The van der Waals surface area contributed by atoms with E-state index in [2.05, 4.69) is 44.9 Å². The van der Waals surface area contributed by atoms with Crippen LogP contribution in [0.15, 0.2) is 36.8 Å². The first-order valence-corrected chi connectivity index (χ1v) is 9.59. The van der Waals surface area contributed by atoms with Gasteiger partial charge >= 0.3 is 0 Å². The minimum Gasteiger partial charge on any atom is -0.346 e. The Morgan fingerprint density at radius 2 is 2.11 bits per heavy atom. The molecule has 0 aromatic carbocycles. The zero-order chi connectivity index (χ0) is 19.2. The van der Waals surface area contributed by atoms with Crippen molar-refractivity contribution < 1.29 is 4.79 Å². The van der Waals surface area contributed by atoms with Crippen LogP contribution in [0.5, 0.6) is 0 Å². The minimum atomic E-state index is -0.323. The van der Waals surface area contributed by atoms with E-state index in [1.54, 1.807) is 6.20 Å². The highest BCUT2D eigenvalue weighted by Crippen LogP contribution is 2.30. The maximum Gasteiger partial charge on any atom is 0.228 e. The smallest absolute Gasteiger partial charge is 0.228 e. The molecule has 27 heavy (non-hydrogen) atoms. The number of carbonyl (C=O) groups excluding carboxylic acids is 1. The summed E-state index contributed by atoms with van der Waals surface area (Å²) >= 11 is 0. The molecule has 1 aliphatic heterocycles. The van der Waals surface area contributed by atoms with Crippen molar-refractivity contribution in [1.82, 2.24) is 24.6 Å². The normalized spacial score (nSPS) is 20.5. The third kappa shape index (κ3) is 3.36. The SMILES string of the molecule is CC1CC(Cn2ccc3nc(-c4cn[nH]c4)ccc32)CN1C(=O)C(C)(C)C. The molecule has 0 spiro atoms. The first-order valence-electron chi connectivity index (χ1n) is 9.59. The van der Waals surface area contributed by atoms with E-state index < -0.39 is 0 Å². The number of hydrogen-bond acceptors (Lipinski definition) is 3. The zero-order valence-electron chi connectivity index (χ0n) is 16.4. The predicted octanol–water partition coefficient (Wildman–Crippen LogP) is 3.71. The number of carbonyl (C=O) groups is 1. The van der Waals surface area contributed by atoms with Crippen molar-refractivity contribution in [2.75, 3.05) is 6.54 Å². The van der Waals surface area contributed by atoms with Crippen molar-refractivity contribution in [3.8, 4) is 11.3 Å². The van der Waals surface area contributed by atoms with Crippen LogP contribution < -0.4 is 0 Å². The molecule has 0 aliphatic carbocycles. The molecule has 0 saturated carbocycles. The molecule has 1 fully saturated rings. The van der Waals surface area contributed by atoms with Crippen molar-refractivity contribution >= 4 is 16.9 Å². The second-order valence-corrected chi connectivity index (χ2v) is 8.71. The number of hydrogen-bond donors (Lipinski definition) is 1. The highest BCUT2D eigenvalue weighted by atomic mass is 16.2. The summed E-state index contributed by atoms with van der Waals surface area (Å²) in [6.07, 6.45) is 6.79. The third-order valence-corrected chi connectivity index (χ3v) is 5.44. The Morgan fingerprint density at radius 3 is 2.81 bits per heavy atom. The number of likely N-dealkylation sites (tertiary alicyclic amines) is 1. The third-order valence-electron chi connectivity index (χ3n) is 5.44. The lowest BCUT2D eigenvalue weighted by Gasteiger charge is -2.29. The summed E-state index contributed by atoms with van der Waals surface area (Å²) in [6, 6.07) is 6.53. The van der Waals surface area contributed by atoms with Crippen LogP contribution >= 0.6 is 0 Å². The average Bonchev–Trinajstić information content (AvgIpc) is 3.34. The van der Waals surface area contributed by atoms with Gasteiger partial charge in [-0.25, -0.2) is 4.98 Å². The number of aromatic amines is 1. The van der Waals surface area contributed by atoms with Crippen LogP contribution in [0.4, 0.5) is 0 Å². The van der Waals surface area contributed by atoms with Crippen LogP contribution in [0.3, 0.4) is 0 Å². The van der Waals surface area contributed by atoms with E-state index in [0.717, 1.165) is 41.8 Å². The predicted molar refractivity (Wildman–Crippen MR) is 106 cm³/mol. The second kappa shape index (κ2) is 6.51. The van der Waals surface area contributed by atoms with Gasteiger partial charge < -0.3 is 9.47 Å². The van der Waals surface area contributed by atoms with Gasteiger partial charge in [0.25, 0.3) is 0 Å². The van der Waals surface area contributed by atoms with E-state index >= 15 is 0 Å². The fourth-order valence-corrected chi connectivity index (χ4v) is 4.05. The molecular formula is C21H27N5O. The molecule has 0 radical (unpaired) electrons. The Morgan fingerprint density at radius 1 is 1.30 bits per heavy atom. The van der Waals surface area contributed by atoms with E-state index in [-0.39, 0.29) is 11.3 Å². The van der Waals surface area contributed by atoms with Crippen molar-refractivity contribution in [2.24, 2.45) is 11.3 Å². The fraction of sp³-hybridized carbons (Fsp3) is 0.476. The van der Waals surface area contributed by atoms with Crippen molar-refractivity contribution in [2.45, 2.75) is 46.7 Å². The van der Waals surface area contributed by atoms with Crippen LogP contribution in [0.1, 0.15) is 34.1 Å². The number of aromatic nitrogens is 4. The highest BCUT2D eigenvalue weighted by molar-refractivity contribution is 5.82. The summed E-state index contributed by atoms with van der Waals surface area (Å²) in [6.45, 7) is 9.90. The molecule has 0 bridgehead atoms. The Labute approximate surface area is 159 Å². The van der Waals surface area contributed by atoms with Gasteiger partial charge in [0.2, 0.25) is 5.91 Å². The monoisotopic (exact) mass is 365 g/mol. The lowest BCUT2D eigenvalue weighted by atomic mass is 9.94. The molecule has 4 rings (SSSR count). The molecule has 6 nitrogen and oxygen atoms in total. The number of amides is 1. The molecule has 4 heterocycles. The molecule has 1 saturated heterocycles. The van der Waals surface area contributed by atoms with E-state index in [1.807, 2.05) is 33.0 Å². The van der Waals surface area contributed by atoms with Gasteiger partial charge in [0.05, 0.1) is 22.9 Å². The Bertz CT molecular complexity index is 951. The van der Waals surface area contributed by atoms with Crippen molar-refractivity contribution in [3.63, 3.8) is 0 Å². The number of pyridine rings is 1. The summed E-state index contributed by atoms with van der Waals surface area (Å²) in [5, 5.41) is 6.83. The summed E-state index contributed by atoms with van der Waals surface area (Å²) < 4.78 is 2.27. The molecule has 3 aromatic rings. The molecule has 142 valence electrons. The highest BCUT2D eigenvalue weighted by Gasteiger charge is 2.37. The average molecular weight is 365 g/mol. The Balaban J connectivity index is 1.52. The quantitative estimate of drug-likeness (QED) is 0.769. The summed E-state index contributed by atoms with van der Waals surface area (Å²) in [4.78, 5) is 19.5. The number of nitrogens with zero attached hydrogens (tertiary/aromatic N) is 4. The number of H-pyrrole nitrogens is 1. The molecule has 1 N–H and O–H groups in total. The van der Waals surface area contributed by atoms with Gasteiger partial charge in [-0.1, -0.05) is 20.8 Å². The van der Waals surface area contributed by atoms with Crippen LogP contribution in [0, 0.1) is 11.3 Å². The van der Waals surface area contributed by atoms with Crippen molar-refractivity contribution in [3.05, 3.63) is 36.8 Å². The van der Waals surface area contributed by atoms with E-state index in [4.69, 9.17) is 4.98 Å². The van der Waals surface area contributed by atoms with Gasteiger partial charge in [-0.3, -0.25) is 9.89 Å². The molecule has 1 amide bonds. The lowest BCUT2D eigenvalue weighted by molar-refractivity contribution is -0.140. The van der Waals surface area contributed by atoms with E-state index in [0.29, 0.717) is 12.0 Å². The van der Waals surface area contributed by atoms with Gasteiger partial charge in [-0.05, 0) is 37.5 Å². The summed E-state index contributed by atoms with van der Waals surface area (Å²) in [7, 11) is 0. The minimum absolute atomic E-state index is 0.251. The summed E-state index contributed by atoms with van der Waals surface area (Å²) in [5.74, 6) is 0.719. The van der Waals surface area contributed by atoms with Gasteiger partial charge in [-0.15, -0.1) is 0 Å². The fourth-order valence-electron chi connectivity index (χ4n) is 4.05. The van der Waals surface area contributed by atoms with Crippen LogP contribution in [0.25, 0.3) is 22.3 Å². The summed E-state index contributed by atoms with van der Waals surface area (Å²) in [5.41, 5.74) is 3.71. The van der Waals surface area contributed by atoms with Crippen LogP contribution in [0.2, 0.25) is 0 Å². The Hall–Kier alpha value is -2.63. The maximum atomic E-state index is 12.7. The standard InChI is InChI=1S/C21H27N5O/c1-14-9-15(13-26(14)20(27)21(2,3)4)12-25-8-7-18-19(25)6-5-17(24-18)16-10-22-23-11-16/h5-8,10-11,14-15H,9,12-13H2,1-4H3,(H,22,23). The molecule has 3 aromatic heterocycles. The first-order chi connectivity index (χ1) is 12.8. The van der Waals surface area contributed by atoms with Crippen LogP contribution in [-0.2, 0) is 11.3 Å². The lowest BCUT2D eigenvalue weighted by Crippen LogP contribution is -2.41. The van der Waals surface area contributed by atoms with Crippen molar-refractivity contribution in [1.29, 1.82) is 0 Å². The van der Waals surface area contributed by atoms with E-state index in [1.165, 1.54) is 0 Å². The second-order valence-electron chi connectivity index (χ2n) is 8.71. The first kappa shape index (κ1) is 17.8. The number of nitrogens with one attached hydrogen (secondary N) is 1. The number of fused-ring (bicyclic) bond motifs is 1. The van der Waals surface area contributed by atoms with Gasteiger partial charge in [-0.2, -0.15) is 5.10 Å². The van der Waals surface area contributed by atoms with Gasteiger partial charge in [0.15, 0.2) is 0 Å². The Kier molecular flexibility index (Phi) is 4.29. The zero-order valence-corrected chi connectivity index (χ0v) is 16.4.